The molecule has 0 amide bonds. The van der Waals surface area contributed by atoms with Crippen molar-refractivity contribution in [2.45, 2.75) is 117 Å². The van der Waals surface area contributed by atoms with Gasteiger partial charge in [-0.25, -0.2) is 0 Å². The summed E-state index contributed by atoms with van der Waals surface area (Å²) in [5.41, 5.74) is 15.6. The van der Waals surface area contributed by atoms with Gasteiger partial charge in [0.1, 0.15) is 0 Å². The maximum absolute atomic E-state index is 2.53. The Kier molecular flexibility index (Phi) is 10.1. The van der Waals surface area contributed by atoms with E-state index >= 15 is 0 Å². The molecular formula is C58H60N2. The summed E-state index contributed by atoms with van der Waals surface area (Å²) in [5.74, 6) is 2.04. The zero-order valence-electron chi connectivity index (χ0n) is 36.6. The highest BCUT2D eigenvalue weighted by molar-refractivity contribution is 6.29. The minimum Gasteiger partial charge on any atom is -0.310 e. The summed E-state index contributed by atoms with van der Waals surface area (Å²) in [4.78, 5) is 5.06. The first-order valence-corrected chi connectivity index (χ1v) is 23.0. The molecule has 8 aromatic rings. The molecule has 0 bridgehead atoms. The standard InChI is InChI=1S/C58H60N2/c1-37(2)53-35-55(59(45-23-15-39(5)16-24-45)47-27-19-43(20-28-47)41-11-7-8-12-41)51-34-32-50-54(38(3)4)36-56(52-33-31-49(53)57(51)58(50)52)60(46-25-17-40(6)18-26-46)48-29-21-44(22-30-48)42-13-9-10-14-42/h15-38,41-42H,7-14H2,1-6H3. The largest absolute Gasteiger partial charge is 0.310 e. The van der Waals surface area contributed by atoms with Crippen molar-refractivity contribution >= 4 is 66.4 Å². The number of nitrogens with zero attached hydrogens (tertiary/aromatic N) is 2. The van der Waals surface area contributed by atoms with Gasteiger partial charge in [-0.15, -0.1) is 0 Å². The van der Waals surface area contributed by atoms with Crippen molar-refractivity contribution in [3.8, 4) is 0 Å². The first kappa shape index (κ1) is 38.6. The number of hydrogen-bond donors (Lipinski definition) is 0. The molecule has 2 aliphatic carbocycles. The molecule has 0 N–H and O–H groups in total. The molecule has 0 atom stereocenters. The molecule has 0 heterocycles. The number of aryl methyl sites for hydroxylation is 2. The van der Waals surface area contributed by atoms with Crippen LogP contribution in [-0.4, -0.2) is 0 Å². The second kappa shape index (κ2) is 15.8. The van der Waals surface area contributed by atoms with Gasteiger partial charge in [0.15, 0.2) is 0 Å². The van der Waals surface area contributed by atoms with E-state index in [1.165, 1.54) is 151 Å². The summed E-state index contributed by atoms with van der Waals surface area (Å²) >= 11 is 0. The summed E-state index contributed by atoms with van der Waals surface area (Å²) in [6.45, 7) is 13.8. The molecule has 0 aliphatic heterocycles. The van der Waals surface area contributed by atoms with Crippen LogP contribution in [0.2, 0.25) is 0 Å². The Morgan fingerprint density at radius 2 is 0.683 bits per heavy atom. The van der Waals surface area contributed by atoms with E-state index in [1.807, 2.05) is 0 Å². The van der Waals surface area contributed by atoms with Crippen molar-refractivity contribution in [2.24, 2.45) is 0 Å². The Hall–Kier alpha value is -5.60. The lowest BCUT2D eigenvalue weighted by molar-refractivity contribution is 0.723. The van der Waals surface area contributed by atoms with Gasteiger partial charge < -0.3 is 9.80 Å². The predicted octanol–water partition coefficient (Wildman–Crippen LogP) is 17.7. The van der Waals surface area contributed by atoms with Gasteiger partial charge >= 0.3 is 0 Å². The quantitative estimate of drug-likeness (QED) is 0.127. The minimum absolute atomic E-state index is 0.337. The highest BCUT2D eigenvalue weighted by Crippen LogP contribution is 2.51. The van der Waals surface area contributed by atoms with E-state index < -0.39 is 0 Å². The van der Waals surface area contributed by atoms with E-state index in [9.17, 15) is 0 Å². The van der Waals surface area contributed by atoms with Gasteiger partial charge in [-0.2, -0.15) is 0 Å². The van der Waals surface area contributed by atoms with Gasteiger partial charge in [0, 0.05) is 33.5 Å². The minimum atomic E-state index is 0.337. The fourth-order valence-corrected chi connectivity index (χ4v) is 10.9. The van der Waals surface area contributed by atoms with Crippen molar-refractivity contribution < 1.29 is 0 Å². The molecule has 0 saturated heterocycles. The molecule has 2 saturated carbocycles. The molecule has 0 spiro atoms. The third kappa shape index (κ3) is 6.83. The van der Waals surface area contributed by atoms with E-state index in [-0.39, 0.29) is 0 Å². The molecule has 8 aromatic carbocycles. The first-order valence-electron chi connectivity index (χ1n) is 23.0. The monoisotopic (exact) mass is 784 g/mol. The van der Waals surface area contributed by atoms with Gasteiger partial charge in [0.05, 0.1) is 11.4 Å². The van der Waals surface area contributed by atoms with Crippen molar-refractivity contribution in [3.63, 3.8) is 0 Å². The van der Waals surface area contributed by atoms with Crippen LogP contribution in [0.4, 0.5) is 34.1 Å². The van der Waals surface area contributed by atoms with E-state index in [0.29, 0.717) is 23.7 Å². The summed E-state index contributed by atoms with van der Waals surface area (Å²) < 4.78 is 0. The van der Waals surface area contributed by atoms with Crippen LogP contribution in [0, 0.1) is 13.8 Å². The van der Waals surface area contributed by atoms with Crippen molar-refractivity contribution in [1.29, 1.82) is 0 Å². The molecular weight excluding hydrogens is 725 g/mol. The average Bonchev–Trinajstić information content (AvgIpc) is 4.02. The summed E-state index contributed by atoms with van der Waals surface area (Å²) in [5, 5.41) is 8.05. The summed E-state index contributed by atoms with van der Waals surface area (Å²) in [6, 6.07) is 52.2. The van der Waals surface area contributed by atoms with Crippen LogP contribution in [0.15, 0.2) is 133 Å². The van der Waals surface area contributed by atoms with Gasteiger partial charge in [-0.05, 0) is 168 Å². The third-order valence-electron chi connectivity index (χ3n) is 14.2. The second-order valence-electron chi connectivity index (χ2n) is 18.8. The number of rotatable bonds is 10. The van der Waals surface area contributed by atoms with E-state index in [2.05, 4.69) is 185 Å². The lowest BCUT2D eigenvalue weighted by Gasteiger charge is -2.32. The molecule has 2 nitrogen and oxygen atoms in total. The van der Waals surface area contributed by atoms with Crippen LogP contribution in [0.3, 0.4) is 0 Å². The van der Waals surface area contributed by atoms with Gasteiger partial charge in [0.25, 0.3) is 0 Å². The highest BCUT2D eigenvalue weighted by atomic mass is 15.1. The molecule has 10 rings (SSSR count). The maximum Gasteiger partial charge on any atom is 0.0543 e. The average molecular weight is 785 g/mol. The molecule has 2 aliphatic rings. The fraction of sp³-hybridized carbons (Fsp3) is 0.310. The Morgan fingerprint density at radius 1 is 0.383 bits per heavy atom. The van der Waals surface area contributed by atoms with Crippen LogP contribution >= 0.6 is 0 Å². The topological polar surface area (TPSA) is 6.48 Å². The van der Waals surface area contributed by atoms with Crippen LogP contribution in [0.25, 0.3) is 32.3 Å². The van der Waals surface area contributed by atoms with Crippen LogP contribution in [0.5, 0.6) is 0 Å². The smallest absolute Gasteiger partial charge is 0.0543 e. The Morgan fingerprint density at radius 3 is 1.00 bits per heavy atom. The van der Waals surface area contributed by atoms with Crippen LogP contribution in [-0.2, 0) is 0 Å². The number of benzene rings is 8. The van der Waals surface area contributed by atoms with Gasteiger partial charge in [-0.3, -0.25) is 0 Å². The molecule has 0 aromatic heterocycles. The Labute approximate surface area is 358 Å². The first-order chi connectivity index (χ1) is 29.2. The van der Waals surface area contributed by atoms with E-state index in [1.54, 1.807) is 0 Å². The van der Waals surface area contributed by atoms with E-state index in [4.69, 9.17) is 0 Å². The Balaban J connectivity index is 1.24. The van der Waals surface area contributed by atoms with Crippen LogP contribution < -0.4 is 9.80 Å². The maximum atomic E-state index is 2.53. The zero-order valence-corrected chi connectivity index (χ0v) is 36.6. The summed E-state index contributed by atoms with van der Waals surface area (Å²) in [6.07, 6.45) is 10.6. The molecule has 2 heteroatoms. The SMILES string of the molecule is Cc1ccc(N(c2ccc(C3CCCC3)cc2)c2cc(C(C)C)c3ccc4c(N(c5ccc(C)cc5)c5ccc(C6CCCC6)cc5)cc(C(C)C)c5ccc2c3c54)cc1. The fourth-order valence-electron chi connectivity index (χ4n) is 10.9. The number of anilines is 6. The highest BCUT2D eigenvalue weighted by Gasteiger charge is 2.27. The lowest BCUT2D eigenvalue weighted by Crippen LogP contribution is -2.13. The molecule has 302 valence electrons. The normalized spacial score (nSPS) is 15.1. The molecule has 0 radical (unpaired) electrons. The third-order valence-corrected chi connectivity index (χ3v) is 14.2. The van der Waals surface area contributed by atoms with Crippen molar-refractivity contribution in [3.05, 3.63) is 167 Å². The second-order valence-corrected chi connectivity index (χ2v) is 18.8. The predicted molar refractivity (Wildman–Crippen MR) is 260 cm³/mol. The lowest BCUT2D eigenvalue weighted by atomic mass is 9.84. The Bertz CT molecular complexity index is 2570. The van der Waals surface area contributed by atoms with Gasteiger partial charge in [-0.1, -0.05) is 137 Å². The number of hydrogen-bond acceptors (Lipinski definition) is 2. The van der Waals surface area contributed by atoms with Crippen molar-refractivity contribution in [1.82, 2.24) is 0 Å². The van der Waals surface area contributed by atoms with E-state index in [0.717, 1.165) is 0 Å². The zero-order chi connectivity index (χ0) is 41.1. The molecule has 60 heavy (non-hydrogen) atoms. The molecule has 2 fully saturated rings. The van der Waals surface area contributed by atoms with Crippen LogP contribution in [0.1, 0.15) is 136 Å². The molecule has 0 unspecified atom stereocenters. The van der Waals surface area contributed by atoms with Gasteiger partial charge in [0.2, 0.25) is 0 Å². The van der Waals surface area contributed by atoms with Crippen molar-refractivity contribution in [2.75, 3.05) is 9.80 Å². The summed E-state index contributed by atoms with van der Waals surface area (Å²) in [7, 11) is 0.